The molecule has 0 amide bonds. The van der Waals surface area contributed by atoms with Crippen LogP contribution in [0.2, 0.25) is 19.6 Å². The Morgan fingerprint density at radius 2 is 1.81 bits per heavy atom. The Morgan fingerprint density at radius 1 is 1.19 bits per heavy atom. The van der Waals surface area contributed by atoms with E-state index < -0.39 is 8.32 Å². The fourth-order valence-electron chi connectivity index (χ4n) is 1.72. The molecule has 1 nitrogen and oxygen atoms in total. The summed E-state index contributed by atoms with van der Waals surface area (Å²) in [7, 11) is -1.22. The molecule has 146 valence electrons. The van der Waals surface area contributed by atoms with Crippen molar-refractivity contribution in [3.63, 3.8) is 0 Å². The van der Waals surface area contributed by atoms with Gasteiger partial charge < -0.3 is 18.8 Å². The Kier molecular flexibility index (Phi) is 27.8. The van der Waals surface area contributed by atoms with Gasteiger partial charge in [0.15, 0.2) is 8.32 Å². The van der Waals surface area contributed by atoms with Gasteiger partial charge in [-0.2, -0.15) is 23.6 Å². The zero-order valence-electron chi connectivity index (χ0n) is 16.1. The van der Waals surface area contributed by atoms with Crippen molar-refractivity contribution in [1.29, 1.82) is 0 Å². The number of allylic oxidation sites excluding steroid dienone is 4. The molecule has 0 atom stereocenters. The molecule has 0 saturated carbocycles. The molecule has 0 heterocycles. The van der Waals surface area contributed by atoms with Gasteiger partial charge in [-0.05, 0) is 19.6 Å². The van der Waals surface area contributed by atoms with Crippen LogP contribution in [-0.2, 0) is 27.8 Å². The van der Waals surface area contributed by atoms with Gasteiger partial charge in [0, 0.05) is 0 Å². The van der Waals surface area contributed by atoms with E-state index in [2.05, 4.69) is 88.1 Å². The molecule has 26 heavy (non-hydrogen) atoms. The summed E-state index contributed by atoms with van der Waals surface area (Å²) in [5.74, 6) is 0. The van der Waals surface area contributed by atoms with Crippen LogP contribution in [-0.4, -0.2) is 21.8 Å². The summed E-state index contributed by atoms with van der Waals surface area (Å²) in [6.07, 6.45) is 10.0. The minimum Gasteiger partial charge on any atom is -0.168 e. The summed E-state index contributed by atoms with van der Waals surface area (Å²) in [5.41, 5.74) is 0. The first-order valence-electron chi connectivity index (χ1n) is 7.53. The molecular formula is C20H30Cl2OSi2Zr-4. The standard InChI is InChI=1S/C9H7.C5H13OSi.C5H5.CH3.2ClH.Si.Zr/c1-2-5-9-7-3-6-8(9)4-1;1-5-6-7(2,3)4;1-2-4-5-3-1;;;;;/h1-7H;1,5H2,2-4H3;1-3H,4H2;1H3;2*1H;;/q4*-1;;;;. The minimum absolute atomic E-state index is 0. The number of rotatable bonds is 2. The Labute approximate surface area is 191 Å². The maximum atomic E-state index is 5.26. The zero-order valence-corrected chi connectivity index (χ0v) is 22.2. The topological polar surface area (TPSA) is 9.23 Å². The summed E-state index contributed by atoms with van der Waals surface area (Å²) < 4.78 is 5.26. The third-order valence-corrected chi connectivity index (χ3v) is 3.74. The molecule has 0 aliphatic heterocycles. The molecule has 2 aromatic carbocycles. The molecule has 1 aliphatic carbocycles. The first-order valence-corrected chi connectivity index (χ1v) is 15.1. The minimum atomic E-state index is -1.22. The van der Waals surface area contributed by atoms with Crippen molar-refractivity contribution in [3.05, 3.63) is 81.1 Å². The first kappa shape index (κ1) is 33.7. The van der Waals surface area contributed by atoms with Gasteiger partial charge in [-0.1, -0.05) is 12.7 Å². The summed E-state index contributed by atoms with van der Waals surface area (Å²) >= 11 is 1.36. The van der Waals surface area contributed by atoms with E-state index in [1.54, 1.807) is 0 Å². The van der Waals surface area contributed by atoms with Gasteiger partial charge in [0.25, 0.3) is 0 Å². The summed E-state index contributed by atoms with van der Waals surface area (Å²) in [6.45, 7) is 13.7. The fourth-order valence-corrected chi connectivity index (χ4v) is 2.33. The Balaban J connectivity index is -0.000000130. The van der Waals surface area contributed by atoms with Crippen molar-refractivity contribution < 1.29 is 27.8 Å². The molecule has 1 aliphatic rings. The normalized spacial score (nSPS) is 10.3. The summed E-state index contributed by atoms with van der Waals surface area (Å²) in [5, 5.41) is 2.66. The van der Waals surface area contributed by atoms with Gasteiger partial charge in [0.05, 0.1) is 0 Å². The Hall–Kier alpha value is 0.167. The van der Waals surface area contributed by atoms with Crippen molar-refractivity contribution >= 4 is 50.8 Å². The fraction of sp³-hybridized carbons (Fsp3) is 0.250. The van der Waals surface area contributed by atoms with Gasteiger partial charge in [-0.25, -0.2) is 12.2 Å². The van der Waals surface area contributed by atoms with Gasteiger partial charge >= 0.3 is 30.2 Å². The monoisotopic (exact) mass is 502 g/mol. The molecule has 0 spiro atoms. The molecule has 6 heteroatoms. The van der Waals surface area contributed by atoms with Gasteiger partial charge in [-0.3, -0.25) is 6.08 Å². The Morgan fingerprint density at radius 3 is 2.15 bits per heavy atom. The van der Waals surface area contributed by atoms with Crippen molar-refractivity contribution in [2.24, 2.45) is 0 Å². The van der Waals surface area contributed by atoms with E-state index in [9.17, 15) is 0 Å². The van der Waals surface area contributed by atoms with Crippen LogP contribution >= 0.6 is 24.8 Å². The van der Waals surface area contributed by atoms with Crippen LogP contribution in [0.5, 0.6) is 0 Å². The quantitative estimate of drug-likeness (QED) is 0.337. The second kappa shape index (κ2) is 21.5. The van der Waals surface area contributed by atoms with Crippen LogP contribution < -0.4 is 0 Å². The summed E-state index contributed by atoms with van der Waals surface area (Å²) in [6, 6.07) is 14.7. The zero-order chi connectivity index (χ0) is 17.6. The molecule has 2 radical (unpaired) electrons. The molecule has 0 aromatic heterocycles. The maximum absolute atomic E-state index is 5.26. The average Bonchev–Trinajstić information content (AvgIpc) is 3.23. The SMILES string of the molecule is Cl.Cl.[C-]1=CC=CC1.[CH2-]CO[Si](C)(C)C.[CH3-].[Si]=[Zr].c1ccc2[cH-]ccc2c1. The molecule has 0 fully saturated rings. The van der Waals surface area contributed by atoms with Gasteiger partial charge in [-0.15, -0.1) is 60.9 Å². The number of halogens is 2. The van der Waals surface area contributed by atoms with Gasteiger partial charge in [0.1, 0.15) is 0 Å². The van der Waals surface area contributed by atoms with E-state index in [4.69, 9.17) is 4.43 Å². The maximum Gasteiger partial charge on any atom is -0.0809 e. The first-order chi connectivity index (χ1) is 11.0. The summed E-state index contributed by atoms with van der Waals surface area (Å²) in [4.78, 5) is 0. The van der Waals surface area contributed by atoms with Crippen molar-refractivity contribution in [1.82, 2.24) is 0 Å². The third-order valence-electron chi connectivity index (χ3n) is 2.67. The molecular weight excluding hydrogens is 475 g/mol. The van der Waals surface area contributed by atoms with Crippen molar-refractivity contribution in [2.75, 3.05) is 6.61 Å². The van der Waals surface area contributed by atoms with Crippen molar-refractivity contribution in [3.8, 4) is 0 Å². The molecule has 0 N–H and O–H groups in total. The van der Waals surface area contributed by atoms with Crippen LogP contribution in [0.15, 0.2) is 60.7 Å². The third kappa shape index (κ3) is 18.9. The largest absolute Gasteiger partial charge is 0.168 e. The van der Waals surface area contributed by atoms with E-state index in [1.807, 2.05) is 12.2 Å². The van der Waals surface area contributed by atoms with Crippen LogP contribution in [0.3, 0.4) is 0 Å². The molecule has 0 unspecified atom stereocenters. The Bertz CT molecular complexity index is 553. The second-order valence-corrected chi connectivity index (χ2v) is 10.1. The van der Waals surface area contributed by atoms with Crippen LogP contribution in [0.4, 0.5) is 0 Å². The van der Waals surface area contributed by atoms with E-state index >= 15 is 0 Å². The number of hydrogen-bond acceptors (Lipinski definition) is 1. The van der Waals surface area contributed by atoms with Crippen molar-refractivity contribution in [2.45, 2.75) is 26.1 Å². The predicted molar refractivity (Wildman–Crippen MR) is 122 cm³/mol. The smallest absolute Gasteiger partial charge is 0.0809 e. The average molecular weight is 505 g/mol. The second-order valence-electron chi connectivity index (χ2n) is 5.62. The van der Waals surface area contributed by atoms with E-state index in [-0.39, 0.29) is 32.2 Å². The molecule has 0 bridgehead atoms. The van der Waals surface area contributed by atoms with E-state index in [1.165, 1.54) is 34.1 Å². The van der Waals surface area contributed by atoms with Crippen LogP contribution in [0.25, 0.3) is 10.8 Å². The van der Waals surface area contributed by atoms with Crippen LogP contribution in [0, 0.1) is 20.4 Å². The van der Waals surface area contributed by atoms with Gasteiger partial charge in [0.2, 0.25) is 0 Å². The number of hydrogen-bond donors (Lipinski definition) is 0. The molecule has 3 rings (SSSR count). The number of fused-ring (bicyclic) bond motifs is 1. The van der Waals surface area contributed by atoms with E-state index in [0.29, 0.717) is 6.61 Å². The van der Waals surface area contributed by atoms with E-state index in [0.717, 1.165) is 6.42 Å². The predicted octanol–water partition coefficient (Wildman–Crippen LogP) is 6.45. The number of benzene rings is 1. The molecule has 0 saturated heterocycles. The molecule has 2 aromatic rings. The van der Waals surface area contributed by atoms with Crippen LogP contribution in [0.1, 0.15) is 6.42 Å².